The van der Waals surface area contributed by atoms with Crippen molar-refractivity contribution < 1.29 is 14.3 Å². The first-order valence-electron chi connectivity index (χ1n) is 5.44. The smallest absolute Gasteiger partial charge is 0.171 e. The molecule has 0 N–H and O–H groups in total. The van der Waals surface area contributed by atoms with Crippen LogP contribution in [0.5, 0.6) is 5.75 Å². The van der Waals surface area contributed by atoms with Crippen LogP contribution in [-0.4, -0.2) is 19.0 Å². The molecule has 1 fully saturated rings. The summed E-state index contributed by atoms with van der Waals surface area (Å²) in [5.74, 6) is 0.949. The third-order valence-corrected chi connectivity index (χ3v) is 3.60. The normalized spacial score (nSPS) is 29.3. The number of hydrogen-bond donors (Lipinski definition) is 0. The van der Waals surface area contributed by atoms with Crippen LogP contribution in [0.1, 0.15) is 35.9 Å². The largest absolute Gasteiger partial charge is 0.497 e. The number of carbonyl (C=O) groups excluding carboxylic acids is 1. The van der Waals surface area contributed by atoms with E-state index in [0.717, 1.165) is 16.9 Å². The van der Waals surface area contributed by atoms with Gasteiger partial charge >= 0.3 is 0 Å². The Morgan fingerprint density at radius 3 is 2.81 bits per heavy atom. The summed E-state index contributed by atoms with van der Waals surface area (Å²) in [6, 6.07) is 5.58. The fourth-order valence-corrected chi connectivity index (χ4v) is 2.48. The summed E-state index contributed by atoms with van der Waals surface area (Å²) in [5.41, 5.74) is 1.37. The van der Waals surface area contributed by atoms with Crippen molar-refractivity contribution in [3.63, 3.8) is 0 Å². The summed E-state index contributed by atoms with van der Waals surface area (Å²) in [5, 5.41) is 0. The van der Waals surface area contributed by atoms with Crippen molar-refractivity contribution >= 4 is 5.78 Å². The first kappa shape index (κ1) is 9.85. The molecule has 3 rings (SSSR count). The maximum absolute atomic E-state index is 12.3. The molecule has 0 spiro atoms. The molecule has 1 saturated heterocycles. The highest BCUT2D eigenvalue weighted by Crippen LogP contribution is 2.55. The van der Waals surface area contributed by atoms with Gasteiger partial charge in [0.05, 0.1) is 12.5 Å². The van der Waals surface area contributed by atoms with Crippen molar-refractivity contribution in [1.29, 1.82) is 0 Å². The van der Waals surface area contributed by atoms with E-state index in [-0.39, 0.29) is 18.0 Å². The molecule has 84 valence electrons. The molecule has 0 bridgehead atoms. The van der Waals surface area contributed by atoms with Crippen LogP contribution in [-0.2, 0) is 4.74 Å². The van der Waals surface area contributed by atoms with Crippen LogP contribution in [0.25, 0.3) is 0 Å². The fourth-order valence-electron chi connectivity index (χ4n) is 2.48. The molecule has 0 saturated carbocycles. The van der Waals surface area contributed by atoms with Crippen LogP contribution in [0.15, 0.2) is 18.2 Å². The van der Waals surface area contributed by atoms with Gasteiger partial charge in [0.15, 0.2) is 5.78 Å². The molecule has 1 aromatic rings. The zero-order valence-corrected chi connectivity index (χ0v) is 9.61. The number of rotatable bonds is 1. The second-order valence-corrected chi connectivity index (χ2v) is 4.98. The summed E-state index contributed by atoms with van der Waals surface area (Å²) in [6.07, 6.45) is 0.123. The van der Waals surface area contributed by atoms with Gasteiger partial charge in [-0.05, 0) is 37.6 Å². The fraction of sp³-hybridized carbons (Fsp3) is 0.462. The van der Waals surface area contributed by atoms with Gasteiger partial charge < -0.3 is 9.47 Å². The van der Waals surface area contributed by atoms with Gasteiger partial charge in [0.1, 0.15) is 18.0 Å². The molecule has 1 aliphatic heterocycles. The number of ether oxygens (including phenoxy) is 2. The first-order chi connectivity index (χ1) is 7.55. The van der Waals surface area contributed by atoms with E-state index in [1.165, 1.54) is 0 Å². The summed E-state index contributed by atoms with van der Waals surface area (Å²) < 4.78 is 10.8. The Hall–Kier alpha value is -1.35. The Morgan fingerprint density at radius 2 is 2.12 bits per heavy atom. The lowest BCUT2D eigenvalue weighted by molar-refractivity contribution is 0.0792. The van der Waals surface area contributed by atoms with Crippen molar-refractivity contribution in [3.8, 4) is 5.75 Å². The number of Topliss-reactive ketones (excluding diaryl/α,β-unsaturated/α-hetero) is 1. The topological polar surface area (TPSA) is 38.8 Å². The number of hydrogen-bond acceptors (Lipinski definition) is 3. The molecule has 0 unspecified atom stereocenters. The Balaban J connectivity index is 2.15. The zero-order chi connectivity index (χ0) is 11.5. The van der Waals surface area contributed by atoms with Gasteiger partial charge in [-0.1, -0.05) is 0 Å². The number of carbonyl (C=O) groups is 1. The van der Waals surface area contributed by atoms with Gasteiger partial charge in [0.25, 0.3) is 0 Å². The number of fused-ring (bicyclic) bond motifs is 3. The van der Waals surface area contributed by atoms with E-state index >= 15 is 0 Å². The molecular formula is C13H14O3. The minimum Gasteiger partial charge on any atom is -0.497 e. The lowest BCUT2D eigenvalue weighted by Gasteiger charge is -2.26. The van der Waals surface area contributed by atoms with Crippen molar-refractivity contribution in [2.75, 3.05) is 7.11 Å². The molecule has 3 nitrogen and oxygen atoms in total. The molecule has 1 aliphatic carbocycles. The number of methoxy groups -OCH3 is 1. The SMILES string of the molecule is COc1ccc2c(c1)[C@H]1O[C@@H]1C(C)(C)C2=O. The Kier molecular flexibility index (Phi) is 1.76. The van der Waals surface area contributed by atoms with Crippen molar-refractivity contribution in [2.24, 2.45) is 5.41 Å². The second kappa shape index (κ2) is 2.86. The summed E-state index contributed by atoms with van der Waals surface area (Å²) in [6.45, 7) is 3.90. The highest BCUT2D eigenvalue weighted by atomic mass is 16.6. The van der Waals surface area contributed by atoms with Crippen LogP contribution in [0.2, 0.25) is 0 Å². The maximum atomic E-state index is 12.3. The van der Waals surface area contributed by atoms with Gasteiger partial charge in [0.2, 0.25) is 0 Å². The molecule has 1 aromatic carbocycles. The summed E-state index contributed by atoms with van der Waals surface area (Å²) in [4.78, 5) is 12.3. The lowest BCUT2D eigenvalue weighted by atomic mass is 9.73. The molecule has 0 radical (unpaired) electrons. The van der Waals surface area contributed by atoms with Crippen LogP contribution in [0.3, 0.4) is 0 Å². The molecule has 2 atom stereocenters. The van der Waals surface area contributed by atoms with E-state index in [2.05, 4.69) is 0 Å². The Morgan fingerprint density at radius 1 is 1.38 bits per heavy atom. The standard InChI is InChI=1S/C13H14O3/c1-13(2)11(14)8-5-4-7(15-3)6-9(8)10-12(13)16-10/h4-6,10,12H,1-3H3/t10-,12+/m1/s1. The monoisotopic (exact) mass is 218 g/mol. The predicted molar refractivity (Wildman–Crippen MR) is 58.7 cm³/mol. The van der Waals surface area contributed by atoms with Crippen molar-refractivity contribution in [2.45, 2.75) is 26.1 Å². The molecular weight excluding hydrogens is 204 g/mol. The van der Waals surface area contributed by atoms with Gasteiger partial charge in [-0.3, -0.25) is 4.79 Å². The average molecular weight is 218 g/mol. The number of epoxide rings is 1. The highest BCUT2D eigenvalue weighted by Gasteiger charge is 2.58. The third-order valence-electron chi connectivity index (χ3n) is 3.60. The van der Waals surface area contributed by atoms with Gasteiger partial charge in [-0.25, -0.2) is 0 Å². The predicted octanol–water partition coefficient (Wildman–Crippen LogP) is 2.36. The third kappa shape index (κ3) is 1.09. The van der Waals surface area contributed by atoms with Crippen LogP contribution in [0, 0.1) is 5.41 Å². The van der Waals surface area contributed by atoms with E-state index in [4.69, 9.17) is 9.47 Å². The van der Waals surface area contributed by atoms with Gasteiger partial charge in [-0.15, -0.1) is 0 Å². The number of benzene rings is 1. The van der Waals surface area contributed by atoms with Gasteiger partial charge in [0, 0.05) is 5.56 Å². The molecule has 0 aromatic heterocycles. The molecule has 1 heterocycles. The van der Waals surface area contributed by atoms with Gasteiger partial charge in [-0.2, -0.15) is 0 Å². The minimum absolute atomic E-state index is 0.0413. The highest BCUT2D eigenvalue weighted by molar-refractivity contribution is 6.03. The summed E-state index contributed by atoms with van der Waals surface area (Å²) >= 11 is 0. The maximum Gasteiger partial charge on any atom is 0.171 e. The van der Waals surface area contributed by atoms with E-state index in [1.807, 2.05) is 32.0 Å². The molecule has 0 amide bonds. The summed E-state index contributed by atoms with van der Waals surface area (Å²) in [7, 11) is 1.63. The average Bonchev–Trinajstić information content (AvgIpc) is 3.06. The first-order valence-corrected chi connectivity index (χ1v) is 5.44. The lowest BCUT2D eigenvalue weighted by Crippen LogP contribution is -2.34. The number of ketones is 1. The van der Waals surface area contributed by atoms with E-state index < -0.39 is 5.41 Å². The van der Waals surface area contributed by atoms with Crippen molar-refractivity contribution in [3.05, 3.63) is 29.3 Å². The molecule has 16 heavy (non-hydrogen) atoms. The molecule has 3 heteroatoms. The van der Waals surface area contributed by atoms with E-state index in [0.29, 0.717) is 0 Å². The zero-order valence-electron chi connectivity index (χ0n) is 9.61. The Labute approximate surface area is 94.4 Å². The van der Waals surface area contributed by atoms with E-state index in [1.54, 1.807) is 7.11 Å². The minimum atomic E-state index is -0.397. The van der Waals surface area contributed by atoms with Crippen LogP contribution >= 0.6 is 0 Å². The van der Waals surface area contributed by atoms with Crippen molar-refractivity contribution in [1.82, 2.24) is 0 Å². The quantitative estimate of drug-likeness (QED) is 0.679. The Bertz CT molecular complexity index is 476. The molecule has 2 aliphatic rings. The second-order valence-electron chi connectivity index (χ2n) is 4.98. The van der Waals surface area contributed by atoms with Crippen LogP contribution in [0.4, 0.5) is 0 Å². The van der Waals surface area contributed by atoms with Crippen LogP contribution < -0.4 is 4.74 Å². The van der Waals surface area contributed by atoms with E-state index in [9.17, 15) is 4.79 Å².